The van der Waals surface area contributed by atoms with Gasteiger partial charge in [0.05, 0.1) is 6.04 Å². The molecule has 1 atom stereocenters. The Bertz CT molecular complexity index is 532. The number of nitrogens with one attached hydrogen (secondary N) is 1. The van der Waals surface area contributed by atoms with Gasteiger partial charge in [-0.15, -0.1) is 11.3 Å². The molecule has 3 N–H and O–H groups in total. The first-order valence-corrected chi connectivity index (χ1v) is 7.41. The summed E-state index contributed by atoms with van der Waals surface area (Å²) in [5, 5.41) is 0. The van der Waals surface area contributed by atoms with Crippen LogP contribution in [0.5, 0.6) is 0 Å². The number of benzene rings is 1. The molecule has 1 unspecified atom stereocenters. The molecule has 0 spiro atoms. The van der Waals surface area contributed by atoms with Gasteiger partial charge in [-0.3, -0.25) is 11.3 Å². The summed E-state index contributed by atoms with van der Waals surface area (Å²) >= 11 is 1.83. The Morgan fingerprint density at radius 3 is 2.16 bits per heavy atom. The highest BCUT2D eigenvalue weighted by atomic mass is 32.1. The Kier molecular flexibility index (Phi) is 4.40. The van der Waals surface area contributed by atoms with Crippen LogP contribution in [0, 0.1) is 27.7 Å². The van der Waals surface area contributed by atoms with Gasteiger partial charge in [0.15, 0.2) is 0 Å². The molecule has 0 bridgehead atoms. The summed E-state index contributed by atoms with van der Waals surface area (Å²) in [6.45, 7) is 8.59. The van der Waals surface area contributed by atoms with Gasteiger partial charge < -0.3 is 0 Å². The lowest BCUT2D eigenvalue weighted by molar-refractivity contribution is 0.560. The minimum Gasteiger partial charge on any atom is -0.271 e. The number of hydrogen-bond acceptors (Lipinski definition) is 3. The lowest BCUT2D eigenvalue weighted by Gasteiger charge is -2.15. The van der Waals surface area contributed by atoms with Gasteiger partial charge in [-0.25, -0.2) is 0 Å². The van der Waals surface area contributed by atoms with Gasteiger partial charge in [0.25, 0.3) is 0 Å². The van der Waals surface area contributed by atoms with Crippen molar-refractivity contribution in [1.82, 2.24) is 5.43 Å². The summed E-state index contributed by atoms with van der Waals surface area (Å²) in [6, 6.07) is 9.12. The highest BCUT2D eigenvalue weighted by molar-refractivity contribution is 7.12. The number of hydrogen-bond donors (Lipinski definition) is 2. The van der Waals surface area contributed by atoms with Crippen molar-refractivity contribution < 1.29 is 0 Å². The molecule has 0 aliphatic carbocycles. The Hall–Kier alpha value is -1.16. The third-order valence-corrected chi connectivity index (χ3v) is 4.72. The van der Waals surface area contributed by atoms with Crippen LogP contribution < -0.4 is 11.3 Å². The number of nitrogens with two attached hydrogens (primary N) is 1. The molecule has 2 aromatic rings. The number of thiophene rings is 1. The second-order valence-electron chi connectivity index (χ2n) is 5.31. The fourth-order valence-electron chi connectivity index (χ4n) is 2.44. The van der Waals surface area contributed by atoms with E-state index in [4.69, 9.17) is 5.84 Å². The maximum absolute atomic E-state index is 5.74. The minimum atomic E-state index is 0.193. The summed E-state index contributed by atoms with van der Waals surface area (Å²) in [5.74, 6) is 5.74. The molecule has 0 radical (unpaired) electrons. The standard InChI is InChI=1S/C16H22N2S/c1-10-5-11(2)7-14(6-10)9-15(18-17)16-8-12(3)13(4)19-16/h5-8,15,18H,9,17H2,1-4H3. The van der Waals surface area contributed by atoms with Gasteiger partial charge in [0.2, 0.25) is 0 Å². The van der Waals surface area contributed by atoms with Crippen LogP contribution in [0.15, 0.2) is 24.3 Å². The third-order valence-electron chi connectivity index (χ3n) is 3.45. The Labute approximate surface area is 119 Å². The highest BCUT2D eigenvalue weighted by Crippen LogP contribution is 2.28. The topological polar surface area (TPSA) is 38.0 Å². The van der Waals surface area contributed by atoms with Crippen LogP contribution >= 0.6 is 11.3 Å². The summed E-state index contributed by atoms with van der Waals surface area (Å²) in [4.78, 5) is 2.69. The minimum absolute atomic E-state index is 0.193. The first kappa shape index (κ1) is 14.3. The number of rotatable bonds is 4. The normalized spacial score (nSPS) is 12.7. The van der Waals surface area contributed by atoms with E-state index in [1.165, 1.54) is 32.0 Å². The van der Waals surface area contributed by atoms with Crippen molar-refractivity contribution >= 4 is 11.3 Å². The summed E-state index contributed by atoms with van der Waals surface area (Å²) in [7, 11) is 0. The quantitative estimate of drug-likeness (QED) is 0.658. The van der Waals surface area contributed by atoms with Crippen LogP contribution in [0.2, 0.25) is 0 Å². The first-order chi connectivity index (χ1) is 8.99. The third kappa shape index (κ3) is 3.44. The molecule has 1 aromatic carbocycles. The molecule has 3 heteroatoms. The van der Waals surface area contributed by atoms with Gasteiger partial charge in [0, 0.05) is 9.75 Å². The molecule has 1 heterocycles. The van der Waals surface area contributed by atoms with Crippen LogP contribution in [0.25, 0.3) is 0 Å². The van der Waals surface area contributed by atoms with E-state index in [-0.39, 0.29) is 6.04 Å². The van der Waals surface area contributed by atoms with Crippen molar-refractivity contribution in [3.63, 3.8) is 0 Å². The lowest BCUT2D eigenvalue weighted by Crippen LogP contribution is -2.29. The average Bonchev–Trinajstić information content (AvgIpc) is 2.65. The maximum Gasteiger partial charge on any atom is 0.0593 e. The van der Waals surface area contributed by atoms with Crippen molar-refractivity contribution in [1.29, 1.82) is 0 Å². The molecule has 19 heavy (non-hydrogen) atoms. The Morgan fingerprint density at radius 2 is 1.68 bits per heavy atom. The maximum atomic E-state index is 5.74. The molecule has 0 amide bonds. The fraction of sp³-hybridized carbons (Fsp3) is 0.375. The zero-order valence-corrected chi connectivity index (χ0v) is 12.9. The predicted molar refractivity (Wildman–Crippen MR) is 83.5 cm³/mol. The van der Waals surface area contributed by atoms with Crippen LogP contribution in [0.3, 0.4) is 0 Å². The summed E-state index contributed by atoms with van der Waals surface area (Å²) in [5.41, 5.74) is 8.26. The van der Waals surface area contributed by atoms with Crippen molar-refractivity contribution in [2.24, 2.45) is 5.84 Å². The van der Waals surface area contributed by atoms with Crippen LogP contribution in [-0.2, 0) is 6.42 Å². The SMILES string of the molecule is Cc1cc(C)cc(CC(NN)c2cc(C)c(C)s2)c1. The summed E-state index contributed by atoms with van der Waals surface area (Å²) in [6.07, 6.45) is 0.929. The number of hydrazine groups is 1. The molecule has 2 nitrogen and oxygen atoms in total. The zero-order valence-electron chi connectivity index (χ0n) is 12.1. The fourth-order valence-corrected chi connectivity index (χ4v) is 3.54. The monoisotopic (exact) mass is 274 g/mol. The second-order valence-corrected chi connectivity index (χ2v) is 6.60. The van der Waals surface area contributed by atoms with Crippen molar-refractivity contribution in [3.8, 4) is 0 Å². The van der Waals surface area contributed by atoms with E-state index in [1.807, 2.05) is 11.3 Å². The first-order valence-electron chi connectivity index (χ1n) is 6.60. The van der Waals surface area contributed by atoms with E-state index in [1.54, 1.807) is 0 Å². The van der Waals surface area contributed by atoms with Crippen LogP contribution in [-0.4, -0.2) is 0 Å². The molecule has 0 saturated heterocycles. The average molecular weight is 274 g/mol. The molecule has 102 valence electrons. The molecule has 0 aliphatic rings. The van der Waals surface area contributed by atoms with Gasteiger partial charge in [-0.2, -0.15) is 0 Å². The van der Waals surface area contributed by atoms with Gasteiger partial charge in [0.1, 0.15) is 0 Å². The van der Waals surface area contributed by atoms with E-state index < -0.39 is 0 Å². The highest BCUT2D eigenvalue weighted by Gasteiger charge is 2.14. The molecule has 0 aliphatic heterocycles. The van der Waals surface area contributed by atoms with E-state index >= 15 is 0 Å². The lowest BCUT2D eigenvalue weighted by atomic mass is 10.0. The largest absolute Gasteiger partial charge is 0.271 e. The van der Waals surface area contributed by atoms with Crippen molar-refractivity contribution in [2.45, 2.75) is 40.2 Å². The molecular weight excluding hydrogens is 252 g/mol. The van der Waals surface area contributed by atoms with E-state index in [0.29, 0.717) is 0 Å². The second kappa shape index (κ2) is 5.87. The summed E-state index contributed by atoms with van der Waals surface area (Å²) < 4.78 is 0. The van der Waals surface area contributed by atoms with Gasteiger partial charge in [-0.1, -0.05) is 29.3 Å². The van der Waals surface area contributed by atoms with Crippen LogP contribution in [0.1, 0.15) is 38.0 Å². The van der Waals surface area contributed by atoms with Crippen molar-refractivity contribution in [2.75, 3.05) is 0 Å². The molecular formula is C16H22N2S. The molecule has 0 fully saturated rings. The van der Waals surface area contributed by atoms with Crippen LogP contribution in [0.4, 0.5) is 0 Å². The van der Waals surface area contributed by atoms with Crippen molar-refractivity contribution in [3.05, 3.63) is 56.3 Å². The Balaban J connectivity index is 2.23. The van der Waals surface area contributed by atoms with Gasteiger partial charge >= 0.3 is 0 Å². The number of aryl methyl sites for hydroxylation is 4. The smallest absolute Gasteiger partial charge is 0.0593 e. The van der Waals surface area contributed by atoms with Gasteiger partial charge in [-0.05, 0) is 51.3 Å². The molecule has 0 saturated carbocycles. The molecule has 2 rings (SSSR count). The molecule has 1 aromatic heterocycles. The zero-order chi connectivity index (χ0) is 14.0. The Morgan fingerprint density at radius 1 is 1.05 bits per heavy atom. The van der Waals surface area contributed by atoms with E-state index in [2.05, 4.69) is 57.4 Å². The van der Waals surface area contributed by atoms with E-state index in [9.17, 15) is 0 Å². The predicted octanol–water partition coefficient (Wildman–Crippen LogP) is 3.73. The van der Waals surface area contributed by atoms with E-state index in [0.717, 1.165) is 6.42 Å².